The number of aryl methyl sites for hydroxylation is 4. The molecule has 0 fully saturated rings. The molecule has 114 heavy (non-hydrogen) atoms. The number of rotatable bonds is 1. The molecule has 38 nitrogen and oxygen atoms in total. The van der Waals surface area contributed by atoms with Crippen LogP contribution in [0.4, 0.5) is 45.5 Å². The number of likely N-dealkylation sites (N-methyl/N-ethyl adjacent to an activating group) is 1. The maximum absolute atomic E-state index is 11.7. The van der Waals surface area contributed by atoms with Gasteiger partial charge < -0.3 is 116 Å². The number of halogens is 4. The summed E-state index contributed by atoms with van der Waals surface area (Å²) in [5.74, 6) is 0.548. The van der Waals surface area contributed by atoms with Crippen molar-refractivity contribution in [1.29, 1.82) is 0 Å². The van der Waals surface area contributed by atoms with Crippen molar-refractivity contribution in [1.82, 2.24) is 34.9 Å². The van der Waals surface area contributed by atoms with Gasteiger partial charge in [-0.1, -0.05) is 62.9 Å². The van der Waals surface area contributed by atoms with Crippen molar-refractivity contribution in [3.05, 3.63) is 164 Å². The Morgan fingerprint density at radius 3 is 1.51 bits per heavy atom. The molecular formula is C72H81BrCl3N23O15. The summed E-state index contributed by atoms with van der Waals surface area (Å²) in [5, 5.41) is 19.7. The molecule has 8 aliphatic heterocycles. The van der Waals surface area contributed by atoms with Crippen LogP contribution in [0.5, 0.6) is 28.9 Å². The molecule has 8 amide bonds. The molecule has 4 aromatic carbocycles. The van der Waals surface area contributed by atoms with Gasteiger partial charge in [-0.05, 0) is 124 Å². The standard InChI is InChI=1S/C11H12N2O4.C9H9BrN2O2.C9H11ClN4O.C9H9ClN2O2.C9H11N3O2.C9H10N2O2.C8H9ClN4O.C8H10N4O/c1-16-11(15)6-2-3-9-8(4-6)13-10(14)7(12)5-17-9;10-5-1-2-8-7(3-5)12-9(13)6(11)4-14-8;1-14-7-6(12-4-13-8(7)10)3-2-5(11)9(14)15;10-5-1-2-8-7(3-5)12-9(13)6(11)4-14-8;1-5-2-3-7-9(11-5)14-4-6(10)8(13)12-7;10-6-5-13-8-4-2-1-3-7(8)11-9(6)12;9-7-6-5(11-3-12-7)2-1-4(10)8(14)13-6;9-5-1-2-6-7(12-8(5)13)3-10-4-11-6/h2-4,7H,5,12H2,1H3,(H,13,14);1-3,6H,4,11H2,(H,12,13);4-5H,2-3,11H2,1H3;1-3,6H,4,11H2,(H,12,13);2-3,6H,4,10H2,1H3,(H,12,13);1-4,6H,5,10H2,(H,11,12);3-4H,1-2,10H2,(H,13,14);3-5H,1-2,9H2,(H,12,13)/t7-;6-;5-;3*6-;4-;5-/m00000000/s1. The molecule has 4 aromatic heterocycles. The van der Waals surface area contributed by atoms with Gasteiger partial charge in [-0.2, -0.15) is 0 Å². The maximum Gasteiger partial charge on any atom is 0.337 e. The number of nitrogens with two attached hydrogens (primary N) is 8. The van der Waals surface area contributed by atoms with E-state index < -0.39 is 54.3 Å². The number of fused-ring (bicyclic) bond motifs is 8. The molecule has 8 atom stereocenters. The Morgan fingerprint density at radius 2 is 0.912 bits per heavy atom. The number of anilines is 8. The van der Waals surface area contributed by atoms with Crippen LogP contribution in [0.25, 0.3) is 0 Å². The average molecular weight is 1690 g/mol. The Hall–Kier alpha value is -11.5. The summed E-state index contributed by atoms with van der Waals surface area (Å²) in [6.45, 7) is 2.74. The van der Waals surface area contributed by atoms with Crippen LogP contribution in [0, 0.1) is 6.92 Å². The Labute approximate surface area is 674 Å². The van der Waals surface area contributed by atoms with Crippen LogP contribution in [-0.4, -0.2) is 184 Å². The number of aromatic nitrogens is 7. The number of nitrogens with one attached hydrogen (secondary N) is 7. The molecule has 0 aliphatic carbocycles. The first-order valence-electron chi connectivity index (χ1n) is 34.7. The lowest BCUT2D eigenvalue weighted by Crippen LogP contribution is -2.40. The fraction of sp³-hybridized carbons (Fsp3) is 0.306. The molecule has 0 unspecified atom stereocenters. The zero-order valence-corrected chi connectivity index (χ0v) is 65.1. The highest BCUT2D eigenvalue weighted by atomic mass is 79.9. The lowest BCUT2D eigenvalue weighted by atomic mass is 10.1. The van der Waals surface area contributed by atoms with Crippen molar-refractivity contribution in [2.24, 2.45) is 45.9 Å². The van der Waals surface area contributed by atoms with Crippen molar-refractivity contribution in [3.8, 4) is 28.9 Å². The van der Waals surface area contributed by atoms with E-state index in [1.54, 1.807) is 80.0 Å². The zero-order valence-electron chi connectivity index (χ0n) is 61.2. The van der Waals surface area contributed by atoms with Crippen molar-refractivity contribution < 1.29 is 71.6 Å². The smallest absolute Gasteiger partial charge is 0.337 e. The molecule has 23 N–H and O–H groups in total. The van der Waals surface area contributed by atoms with Crippen LogP contribution in [0.1, 0.15) is 52.4 Å². The summed E-state index contributed by atoms with van der Waals surface area (Å²) >= 11 is 20.8. The van der Waals surface area contributed by atoms with Gasteiger partial charge in [0.25, 0.3) is 0 Å². The van der Waals surface area contributed by atoms with E-state index in [1.165, 1.54) is 37.1 Å². The molecule has 602 valence electrons. The number of carbonyl (C=O) groups is 9. The molecule has 8 aliphatic rings. The average Bonchev–Trinajstić information content (AvgIpc) is 1.70. The molecule has 0 radical (unpaired) electrons. The first-order chi connectivity index (χ1) is 54.4. The second-order valence-electron chi connectivity index (χ2n) is 25.5. The van der Waals surface area contributed by atoms with Gasteiger partial charge in [0.05, 0.1) is 82.5 Å². The van der Waals surface area contributed by atoms with Crippen molar-refractivity contribution in [3.63, 3.8) is 0 Å². The number of amides is 8. The maximum atomic E-state index is 11.7. The Balaban J connectivity index is 0.000000149. The van der Waals surface area contributed by atoms with Crippen LogP contribution >= 0.6 is 50.7 Å². The predicted octanol–water partition coefficient (Wildman–Crippen LogP) is 3.03. The number of pyridine rings is 1. The van der Waals surface area contributed by atoms with E-state index in [0.29, 0.717) is 122 Å². The molecule has 42 heteroatoms. The predicted molar refractivity (Wildman–Crippen MR) is 425 cm³/mol. The molecule has 0 saturated heterocycles. The number of nitrogens with zero attached hydrogens (tertiary/aromatic N) is 8. The lowest BCUT2D eigenvalue weighted by molar-refractivity contribution is -0.120. The zero-order chi connectivity index (χ0) is 82.4. The molecule has 0 spiro atoms. The van der Waals surface area contributed by atoms with Crippen LogP contribution < -0.4 is 112 Å². The quantitative estimate of drug-likeness (QED) is 0.0829. The second kappa shape index (κ2) is 40.8. The van der Waals surface area contributed by atoms with Crippen molar-refractivity contribution in [2.45, 2.75) is 93.8 Å². The van der Waals surface area contributed by atoms with Crippen LogP contribution in [-0.2, 0) is 62.4 Å². The number of hydrogen-bond acceptors (Lipinski definition) is 30. The van der Waals surface area contributed by atoms with Crippen molar-refractivity contribution >= 4 is 149 Å². The third-order valence-electron chi connectivity index (χ3n) is 17.0. The van der Waals surface area contributed by atoms with Gasteiger partial charge in [0.15, 0.2) is 10.3 Å². The van der Waals surface area contributed by atoms with Crippen LogP contribution in [0.2, 0.25) is 15.3 Å². The van der Waals surface area contributed by atoms with Crippen LogP contribution in [0.3, 0.4) is 0 Å². The summed E-state index contributed by atoms with van der Waals surface area (Å²) in [4.78, 5) is 132. The number of esters is 1. The molecular weight excluding hydrogens is 1610 g/mol. The van der Waals surface area contributed by atoms with E-state index in [1.807, 2.05) is 25.1 Å². The van der Waals surface area contributed by atoms with E-state index in [2.05, 4.69) is 92.8 Å². The minimum absolute atomic E-state index is 0.108. The SMILES string of the molecule is CN1C(=O)[C@@H](N)CCc2ncnc(Cl)c21.COC(=O)c1ccc2c(c1)NC(=O)[C@@H](N)CO2.Cc1ccc2c(n1)OC[C@H](N)C(=O)N2.N[C@H]1CCc2ncnc(Cl)c2NC1=O.N[C@H]1CCc2ncncc2NC1=O.N[C@H]1COc2ccc(Br)cc2NC1=O.N[C@H]1COc2ccc(Cl)cc2NC1=O.N[C@H]1COc2ccccc2NC1=O. The van der Waals surface area contributed by atoms with Crippen molar-refractivity contribution in [2.75, 3.05) is 89.3 Å². The van der Waals surface area contributed by atoms with E-state index >= 15 is 0 Å². The van der Waals surface area contributed by atoms with Gasteiger partial charge >= 0.3 is 5.97 Å². The van der Waals surface area contributed by atoms with E-state index in [9.17, 15) is 43.2 Å². The number of hydrogen-bond donors (Lipinski definition) is 15. The number of methoxy groups -OCH3 is 1. The molecule has 0 saturated carbocycles. The fourth-order valence-electron chi connectivity index (χ4n) is 10.6. The molecule has 16 rings (SSSR count). The van der Waals surface area contributed by atoms with E-state index in [4.69, 9.17) is 104 Å². The van der Waals surface area contributed by atoms with E-state index in [0.717, 1.165) is 33.7 Å². The molecule has 12 heterocycles. The highest BCUT2D eigenvalue weighted by Gasteiger charge is 2.31. The third-order valence-corrected chi connectivity index (χ3v) is 18.3. The van der Waals surface area contributed by atoms with E-state index in [-0.39, 0.29) is 85.4 Å². The summed E-state index contributed by atoms with van der Waals surface area (Å²) in [5.41, 5.74) is 52.8. The molecule has 8 aromatic rings. The third kappa shape index (κ3) is 23.8. The first-order valence-corrected chi connectivity index (χ1v) is 36.7. The minimum Gasteiger partial charge on any atom is -0.489 e. The number of para-hydroxylation sites is 2. The number of carbonyl (C=O) groups excluding carboxylic acids is 9. The van der Waals surface area contributed by atoms with Gasteiger partial charge in [0.1, 0.15) is 122 Å². The van der Waals surface area contributed by atoms with Gasteiger partial charge in [-0.25, -0.2) is 39.7 Å². The minimum atomic E-state index is -0.719. The number of benzene rings is 4. The fourth-order valence-corrected chi connectivity index (χ4v) is 11.6. The summed E-state index contributed by atoms with van der Waals surface area (Å²) < 4.78 is 32.1. The Morgan fingerprint density at radius 1 is 0.465 bits per heavy atom. The normalized spacial score (nSPS) is 20.5. The molecule has 0 bridgehead atoms. The number of ether oxygens (including phenoxy) is 6. The lowest BCUT2D eigenvalue weighted by Gasteiger charge is -2.19. The monoisotopic (exact) mass is 1690 g/mol. The topological polar surface area (TPSA) is 595 Å². The highest BCUT2D eigenvalue weighted by molar-refractivity contribution is 9.10. The van der Waals surface area contributed by atoms with Gasteiger partial charge in [0.2, 0.25) is 53.1 Å². The summed E-state index contributed by atoms with van der Waals surface area (Å²) in [6, 6.07) is 21.3. The van der Waals surface area contributed by atoms with Gasteiger partial charge in [-0.3, -0.25) is 38.4 Å². The second-order valence-corrected chi connectivity index (χ2v) is 27.5. The Kier molecular flexibility index (Phi) is 31.0. The Bertz CT molecular complexity index is 4730. The first kappa shape index (κ1) is 86.5. The summed E-state index contributed by atoms with van der Waals surface area (Å²) in [6.07, 6.45) is 9.65. The van der Waals surface area contributed by atoms with Crippen LogP contribution in [0.15, 0.2) is 121 Å². The largest absolute Gasteiger partial charge is 0.489 e. The summed E-state index contributed by atoms with van der Waals surface area (Å²) in [7, 11) is 2.93. The highest BCUT2D eigenvalue weighted by Crippen LogP contribution is 2.35. The van der Waals surface area contributed by atoms with Gasteiger partial charge in [-0.15, -0.1) is 0 Å². The van der Waals surface area contributed by atoms with Gasteiger partial charge in [0, 0.05) is 22.2 Å².